The van der Waals surface area contributed by atoms with Gasteiger partial charge in [0.05, 0.1) is 66.9 Å². The third kappa shape index (κ3) is 14.4. The lowest BCUT2D eigenvalue weighted by Gasteiger charge is -2.23. The van der Waals surface area contributed by atoms with Gasteiger partial charge >= 0.3 is 6.09 Å². The van der Waals surface area contributed by atoms with Crippen LogP contribution in [0.5, 0.6) is 0 Å². The van der Waals surface area contributed by atoms with E-state index in [-0.39, 0.29) is 77.3 Å². The van der Waals surface area contributed by atoms with Crippen LogP contribution in [0.3, 0.4) is 0 Å². The molecule has 2 amide bonds. The lowest BCUT2D eigenvalue weighted by atomic mass is 10.2. The average Bonchev–Trinajstić information content (AvgIpc) is 3.01. The van der Waals surface area contributed by atoms with Gasteiger partial charge in [-0.05, 0) is 39.0 Å². The van der Waals surface area contributed by atoms with Crippen LogP contribution in [0.15, 0.2) is 47.4 Å². The lowest BCUT2D eigenvalue weighted by molar-refractivity contribution is -0.396. The number of carbonyl (C=O) groups excluding carboxylic acids is 2. The van der Waals surface area contributed by atoms with E-state index in [2.05, 4.69) is 10.6 Å². The van der Waals surface area contributed by atoms with Gasteiger partial charge in [0.15, 0.2) is 4.90 Å². The molecule has 20 nitrogen and oxygen atoms in total. The number of ether oxygens (including phenoxy) is 4. The highest BCUT2D eigenvalue weighted by Crippen LogP contribution is 2.30. The molecule has 0 atom stereocenters. The fourth-order valence-electron chi connectivity index (χ4n) is 3.83. The first-order valence-electron chi connectivity index (χ1n) is 14.7. The number of nitro benzene ring substituents is 3. The minimum Gasteiger partial charge on any atom is -0.444 e. The summed E-state index contributed by atoms with van der Waals surface area (Å²) in [5.41, 5.74) is -2.15. The minimum atomic E-state index is -4.60. The Morgan fingerprint density at radius 2 is 1.33 bits per heavy atom. The lowest BCUT2D eigenvalue weighted by Crippen LogP contribution is -2.41. The predicted octanol–water partition coefficient (Wildman–Crippen LogP) is 3.01. The Bertz CT molecular complexity index is 1560. The maximum absolute atomic E-state index is 13.5. The number of rotatable bonds is 21. The third-order valence-electron chi connectivity index (χ3n) is 6.06. The number of non-ortho nitro benzene ring substituents is 2. The molecule has 49 heavy (non-hydrogen) atoms. The number of nitrogens with one attached hydrogen (secondary N) is 2. The summed E-state index contributed by atoms with van der Waals surface area (Å²) in [5, 5.41) is 38.4. The average molecular weight is 715 g/mol. The molecule has 2 aromatic carbocycles. The van der Waals surface area contributed by atoms with Crippen LogP contribution in [0.4, 0.5) is 27.5 Å². The maximum Gasteiger partial charge on any atom is 0.407 e. The maximum atomic E-state index is 13.5. The quantitative estimate of drug-likeness (QED) is 0.107. The summed E-state index contributed by atoms with van der Waals surface area (Å²) in [6.45, 7) is 4.45. The van der Waals surface area contributed by atoms with E-state index < -0.39 is 52.8 Å². The van der Waals surface area contributed by atoms with Gasteiger partial charge in [-0.3, -0.25) is 35.1 Å². The number of nitrogens with zero attached hydrogens (tertiary/aromatic N) is 4. The van der Waals surface area contributed by atoms with Crippen molar-refractivity contribution in [1.29, 1.82) is 0 Å². The van der Waals surface area contributed by atoms with E-state index in [1.807, 2.05) is 0 Å². The van der Waals surface area contributed by atoms with Crippen LogP contribution in [-0.4, -0.2) is 104 Å². The molecular formula is C28H38N6O14S. The summed E-state index contributed by atoms with van der Waals surface area (Å²) in [5.74, 6) is -0.344. The van der Waals surface area contributed by atoms with E-state index >= 15 is 0 Å². The summed E-state index contributed by atoms with van der Waals surface area (Å²) in [4.78, 5) is 54.2. The van der Waals surface area contributed by atoms with Gasteiger partial charge in [-0.25, -0.2) is 13.2 Å². The van der Waals surface area contributed by atoms with Crippen molar-refractivity contribution < 1.29 is 51.7 Å². The van der Waals surface area contributed by atoms with Gasteiger partial charge in [0.1, 0.15) is 5.60 Å². The van der Waals surface area contributed by atoms with Gasteiger partial charge < -0.3 is 29.6 Å². The second kappa shape index (κ2) is 19.2. The van der Waals surface area contributed by atoms with Crippen molar-refractivity contribution >= 4 is 44.8 Å². The molecule has 0 heterocycles. The van der Waals surface area contributed by atoms with Gasteiger partial charge in [0.2, 0.25) is 15.9 Å². The van der Waals surface area contributed by atoms with Crippen molar-refractivity contribution in [2.75, 3.05) is 64.6 Å². The number of hydrogen-bond donors (Lipinski definition) is 2. The zero-order valence-electron chi connectivity index (χ0n) is 27.0. The molecule has 270 valence electrons. The molecule has 2 aromatic rings. The highest BCUT2D eigenvalue weighted by Gasteiger charge is 2.33. The van der Waals surface area contributed by atoms with Gasteiger partial charge in [-0.15, -0.1) is 0 Å². The van der Waals surface area contributed by atoms with Crippen molar-refractivity contribution in [2.24, 2.45) is 0 Å². The van der Waals surface area contributed by atoms with Crippen molar-refractivity contribution in [3.63, 3.8) is 0 Å². The molecule has 0 aliphatic rings. The third-order valence-corrected chi connectivity index (χ3v) is 8.01. The van der Waals surface area contributed by atoms with Gasteiger partial charge in [0.25, 0.3) is 17.1 Å². The molecule has 0 unspecified atom stereocenters. The number of nitro groups is 3. The van der Waals surface area contributed by atoms with Crippen LogP contribution >= 0.6 is 0 Å². The first-order chi connectivity index (χ1) is 23.0. The molecule has 21 heteroatoms. The number of sulfonamides is 1. The molecular weight excluding hydrogens is 676 g/mol. The first kappa shape index (κ1) is 40.3. The number of hydrogen-bond acceptors (Lipinski definition) is 14. The van der Waals surface area contributed by atoms with Crippen LogP contribution < -0.4 is 10.6 Å². The summed E-state index contributed by atoms with van der Waals surface area (Å²) in [6.07, 6.45) is -0.774. The molecule has 0 bridgehead atoms. The SMILES string of the molecule is CC(C)(C)OC(=O)NCCN(CCOCCOCCOCCC(=O)Nc1ccc([N+](=O)[O-])cc1)S(=O)(=O)c1ccc([N+](=O)[O-])cc1[N+](=O)[O-]. The molecule has 2 N–H and O–H groups in total. The number of anilines is 1. The minimum absolute atomic E-state index is 0.0375. The first-order valence-corrected chi connectivity index (χ1v) is 16.1. The molecule has 0 aliphatic heterocycles. The van der Waals surface area contributed by atoms with E-state index in [1.54, 1.807) is 20.8 Å². The molecule has 0 aromatic heterocycles. The van der Waals surface area contributed by atoms with Crippen molar-refractivity contribution in [1.82, 2.24) is 9.62 Å². The number of carbonyl (C=O) groups is 2. The normalized spacial score (nSPS) is 11.6. The fourth-order valence-corrected chi connectivity index (χ4v) is 5.39. The number of amides is 2. The van der Waals surface area contributed by atoms with Gasteiger partial charge in [-0.1, -0.05) is 0 Å². The van der Waals surface area contributed by atoms with E-state index in [9.17, 15) is 48.3 Å². The van der Waals surface area contributed by atoms with Crippen LogP contribution in [-0.2, 0) is 33.8 Å². The second-order valence-electron chi connectivity index (χ2n) is 10.9. The highest BCUT2D eigenvalue weighted by molar-refractivity contribution is 7.89. The Hall–Kier alpha value is -4.83. The van der Waals surface area contributed by atoms with Gasteiger partial charge in [-0.2, -0.15) is 4.31 Å². The molecule has 2 rings (SSSR count). The second-order valence-corrected chi connectivity index (χ2v) is 12.8. The van der Waals surface area contributed by atoms with Crippen molar-refractivity contribution in [3.8, 4) is 0 Å². The predicted molar refractivity (Wildman–Crippen MR) is 172 cm³/mol. The summed E-state index contributed by atoms with van der Waals surface area (Å²) >= 11 is 0. The number of alkyl carbamates (subject to hydrolysis) is 1. The summed E-state index contributed by atoms with van der Waals surface area (Å²) in [6, 6.07) is 7.54. The highest BCUT2D eigenvalue weighted by atomic mass is 32.2. The monoisotopic (exact) mass is 714 g/mol. The van der Waals surface area contributed by atoms with Crippen molar-refractivity contribution in [2.45, 2.75) is 37.7 Å². The Morgan fingerprint density at radius 1 is 0.776 bits per heavy atom. The zero-order valence-corrected chi connectivity index (χ0v) is 27.8. The van der Waals surface area contributed by atoms with Crippen LogP contribution in [0.25, 0.3) is 0 Å². The zero-order chi connectivity index (χ0) is 36.6. The van der Waals surface area contributed by atoms with Gasteiger partial charge in [0, 0.05) is 43.5 Å². The molecule has 0 aliphatic carbocycles. The van der Waals surface area contributed by atoms with E-state index in [0.717, 1.165) is 16.4 Å². The smallest absolute Gasteiger partial charge is 0.407 e. The summed E-state index contributed by atoms with van der Waals surface area (Å²) < 4.78 is 49.1. The van der Waals surface area contributed by atoms with Crippen molar-refractivity contribution in [3.05, 3.63) is 72.8 Å². The number of benzene rings is 2. The Balaban J connectivity index is 1.81. The summed E-state index contributed by atoms with van der Waals surface area (Å²) in [7, 11) is -4.60. The van der Waals surface area contributed by atoms with E-state index in [1.165, 1.54) is 24.3 Å². The van der Waals surface area contributed by atoms with E-state index in [4.69, 9.17) is 18.9 Å². The molecule has 0 saturated carbocycles. The fraction of sp³-hybridized carbons (Fsp3) is 0.500. The molecule has 0 radical (unpaired) electrons. The Labute approximate surface area is 281 Å². The Kier molecular flexibility index (Phi) is 15.8. The molecule has 0 saturated heterocycles. The van der Waals surface area contributed by atoms with Crippen LogP contribution in [0.1, 0.15) is 27.2 Å². The molecule has 0 fully saturated rings. The topological polar surface area (TPSA) is 262 Å². The standard InChI is InChI=1S/C28H38N6O14S/c1-28(2,3)48-27(36)29-11-12-31(49(43,44)25-9-8-23(33(39)40)20-24(25)34(41)42)13-15-46-17-19-47-18-16-45-14-10-26(35)30-21-4-6-22(7-5-21)32(37)38/h4-9,20H,10-19H2,1-3H3,(H,29,36)(H,30,35). The molecule has 0 spiro atoms. The Morgan fingerprint density at radius 3 is 1.88 bits per heavy atom. The van der Waals surface area contributed by atoms with E-state index in [0.29, 0.717) is 11.8 Å². The van der Waals surface area contributed by atoms with Crippen LogP contribution in [0.2, 0.25) is 0 Å². The largest absolute Gasteiger partial charge is 0.444 e. The van der Waals surface area contributed by atoms with Crippen LogP contribution in [0, 0.1) is 30.3 Å².